The van der Waals surface area contributed by atoms with Crippen molar-refractivity contribution in [3.63, 3.8) is 0 Å². The van der Waals surface area contributed by atoms with E-state index in [9.17, 15) is 22.0 Å². The molecule has 0 aromatic carbocycles. The maximum Gasteiger partial charge on any atom is 0.389 e. The van der Waals surface area contributed by atoms with Crippen LogP contribution in [-0.2, 0) is 0 Å². The summed E-state index contributed by atoms with van der Waals surface area (Å²) in [6, 6.07) is 0. The van der Waals surface area contributed by atoms with Gasteiger partial charge in [0.1, 0.15) is 0 Å². The molecule has 0 aromatic heterocycles. The van der Waals surface area contributed by atoms with Gasteiger partial charge in [0.25, 0.3) is 5.92 Å². The van der Waals surface area contributed by atoms with E-state index in [1.165, 1.54) is 0 Å². The molecule has 1 atom stereocenters. The lowest BCUT2D eigenvalue weighted by molar-refractivity contribution is -0.140. The third-order valence-corrected chi connectivity index (χ3v) is 2.49. The van der Waals surface area contributed by atoms with Crippen LogP contribution in [0.1, 0.15) is 19.3 Å². The summed E-state index contributed by atoms with van der Waals surface area (Å²) in [6.45, 7) is -0.379. The largest absolute Gasteiger partial charge is 0.389 e. The van der Waals surface area contributed by atoms with Gasteiger partial charge < -0.3 is 5.73 Å². The van der Waals surface area contributed by atoms with Crippen LogP contribution in [0.25, 0.3) is 0 Å². The molecule has 6 heteroatoms. The van der Waals surface area contributed by atoms with Crippen molar-refractivity contribution in [2.24, 2.45) is 11.1 Å². The summed E-state index contributed by atoms with van der Waals surface area (Å²) >= 11 is 0. The topological polar surface area (TPSA) is 26.0 Å². The van der Waals surface area contributed by atoms with Gasteiger partial charge in [-0.2, -0.15) is 13.2 Å². The first-order valence-electron chi connectivity index (χ1n) is 3.87. The van der Waals surface area contributed by atoms with E-state index < -0.39 is 36.8 Å². The lowest BCUT2D eigenvalue weighted by Crippen LogP contribution is -2.24. The molecular weight excluding hydrogens is 193 g/mol. The standard InChI is InChI=1S/C7H10F5N/c8-6(9)3-5(6,4-13)1-2-7(10,11)12/h1-4,13H2. The number of alkyl halides is 5. The molecule has 1 rings (SSSR count). The summed E-state index contributed by atoms with van der Waals surface area (Å²) in [5.41, 5.74) is 3.45. The van der Waals surface area contributed by atoms with Crippen molar-refractivity contribution in [3.8, 4) is 0 Å². The average molecular weight is 203 g/mol. The number of hydrogen-bond acceptors (Lipinski definition) is 1. The normalized spacial score (nSPS) is 31.8. The SMILES string of the molecule is NCC1(CCC(F)(F)F)CC1(F)F. The van der Waals surface area contributed by atoms with Gasteiger partial charge in [-0.3, -0.25) is 0 Å². The summed E-state index contributed by atoms with van der Waals surface area (Å²) in [5, 5.41) is 0. The van der Waals surface area contributed by atoms with Gasteiger partial charge in [0.05, 0.1) is 5.41 Å². The van der Waals surface area contributed by atoms with E-state index in [0.717, 1.165) is 0 Å². The molecule has 1 unspecified atom stereocenters. The average Bonchev–Trinajstić information content (AvgIpc) is 2.49. The van der Waals surface area contributed by atoms with Crippen molar-refractivity contribution in [2.75, 3.05) is 6.54 Å². The lowest BCUT2D eigenvalue weighted by Gasteiger charge is -2.14. The van der Waals surface area contributed by atoms with Crippen molar-refractivity contribution in [1.82, 2.24) is 0 Å². The van der Waals surface area contributed by atoms with Gasteiger partial charge in [-0.15, -0.1) is 0 Å². The lowest BCUT2D eigenvalue weighted by atomic mass is 9.99. The minimum atomic E-state index is -4.37. The molecule has 78 valence electrons. The Morgan fingerprint density at radius 3 is 1.92 bits per heavy atom. The number of nitrogens with two attached hydrogens (primary N) is 1. The van der Waals surface area contributed by atoms with Crippen molar-refractivity contribution in [3.05, 3.63) is 0 Å². The van der Waals surface area contributed by atoms with Crippen LogP contribution in [0, 0.1) is 5.41 Å². The minimum absolute atomic E-state index is 0.379. The Hall–Kier alpha value is -0.390. The first-order chi connectivity index (χ1) is 5.72. The number of rotatable bonds is 3. The molecule has 1 aliphatic rings. The zero-order chi connectivity index (χ0) is 10.3. The second-order valence-corrected chi connectivity index (χ2v) is 3.48. The van der Waals surface area contributed by atoms with Gasteiger partial charge in [0.2, 0.25) is 0 Å². The smallest absolute Gasteiger partial charge is 0.330 e. The molecule has 0 heterocycles. The van der Waals surface area contributed by atoms with Crippen molar-refractivity contribution >= 4 is 0 Å². The highest BCUT2D eigenvalue weighted by atomic mass is 19.4. The minimum Gasteiger partial charge on any atom is -0.330 e. The van der Waals surface area contributed by atoms with Gasteiger partial charge in [-0.1, -0.05) is 0 Å². The van der Waals surface area contributed by atoms with Crippen LogP contribution >= 0.6 is 0 Å². The molecule has 0 spiro atoms. The molecular formula is C7H10F5N. The summed E-state index contributed by atoms with van der Waals surface area (Å²) in [7, 11) is 0. The Bertz CT molecular complexity index is 200. The van der Waals surface area contributed by atoms with Crippen molar-refractivity contribution in [1.29, 1.82) is 0 Å². The van der Waals surface area contributed by atoms with E-state index in [0.29, 0.717) is 0 Å². The first kappa shape index (κ1) is 10.7. The molecule has 0 aliphatic heterocycles. The highest BCUT2D eigenvalue weighted by Gasteiger charge is 2.69. The highest BCUT2D eigenvalue weighted by Crippen LogP contribution is 2.63. The highest BCUT2D eigenvalue weighted by molar-refractivity contribution is 5.10. The molecule has 0 aromatic rings. The number of hydrogen-bond donors (Lipinski definition) is 1. The molecule has 1 fully saturated rings. The molecule has 0 radical (unpaired) electrons. The molecule has 0 bridgehead atoms. The molecule has 13 heavy (non-hydrogen) atoms. The van der Waals surface area contributed by atoms with Crippen molar-refractivity contribution < 1.29 is 22.0 Å². The van der Waals surface area contributed by atoms with E-state index in [2.05, 4.69) is 0 Å². The first-order valence-corrected chi connectivity index (χ1v) is 3.87. The van der Waals surface area contributed by atoms with Crippen LogP contribution in [-0.4, -0.2) is 18.6 Å². The Labute approximate surface area is 72.1 Å². The summed E-state index contributed by atoms with van der Waals surface area (Å²) < 4.78 is 60.3. The molecule has 0 saturated heterocycles. The molecule has 2 N–H and O–H groups in total. The van der Waals surface area contributed by atoms with Gasteiger partial charge in [-0.25, -0.2) is 8.78 Å². The quantitative estimate of drug-likeness (QED) is 0.700. The Kier molecular flexibility index (Phi) is 2.30. The fraction of sp³-hybridized carbons (Fsp3) is 1.00. The van der Waals surface area contributed by atoms with E-state index in [4.69, 9.17) is 5.73 Å². The van der Waals surface area contributed by atoms with Gasteiger partial charge >= 0.3 is 6.18 Å². The third-order valence-electron chi connectivity index (χ3n) is 2.49. The van der Waals surface area contributed by atoms with Crippen LogP contribution in [0.2, 0.25) is 0 Å². The summed E-state index contributed by atoms with van der Waals surface area (Å²) in [4.78, 5) is 0. The van der Waals surface area contributed by atoms with Crippen LogP contribution in [0.3, 0.4) is 0 Å². The second kappa shape index (κ2) is 2.80. The molecule has 1 aliphatic carbocycles. The zero-order valence-corrected chi connectivity index (χ0v) is 6.80. The van der Waals surface area contributed by atoms with Crippen LogP contribution in [0.4, 0.5) is 22.0 Å². The monoisotopic (exact) mass is 203 g/mol. The Morgan fingerprint density at radius 1 is 1.23 bits per heavy atom. The van der Waals surface area contributed by atoms with Gasteiger partial charge in [-0.05, 0) is 6.42 Å². The second-order valence-electron chi connectivity index (χ2n) is 3.48. The van der Waals surface area contributed by atoms with E-state index in [1.54, 1.807) is 0 Å². The van der Waals surface area contributed by atoms with Crippen LogP contribution in [0.15, 0.2) is 0 Å². The Balaban J connectivity index is 2.45. The maximum atomic E-state index is 12.6. The van der Waals surface area contributed by atoms with E-state index in [1.807, 2.05) is 0 Å². The Morgan fingerprint density at radius 2 is 1.69 bits per heavy atom. The van der Waals surface area contributed by atoms with Crippen LogP contribution in [0.5, 0.6) is 0 Å². The fourth-order valence-electron chi connectivity index (χ4n) is 1.36. The fourth-order valence-corrected chi connectivity index (χ4v) is 1.36. The van der Waals surface area contributed by atoms with Gasteiger partial charge in [0, 0.05) is 19.4 Å². The van der Waals surface area contributed by atoms with Crippen molar-refractivity contribution in [2.45, 2.75) is 31.4 Å². The van der Waals surface area contributed by atoms with E-state index in [-0.39, 0.29) is 6.54 Å². The molecule has 0 amide bonds. The van der Waals surface area contributed by atoms with Gasteiger partial charge in [0.15, 0.2) is 0 Å². The van der Waals surface area contributed by atoms with Crippen LogP contribution < -0.4 is 5.73 Å². The summed E-state index contributed by atoms with van der Waals surface area (Å²) in [5.74, 6) is -2.99. The predicted molar refractivity (Wildman–Crippen MR) is 36.3 cm³/mol. The summed E-state index contributed by atoms with van der Waals surface area (Å²) in [6.07, 6.45) is -6.63. The number of halogens is 5. The van der Waals surface area contributed by atoms with E-state index >= 15 is 0 Å². The molecule has 1 nitrogen and oxygen atoms in total. The zero-order valence-electron chi connectivity index (χ0n) is 6.80. The third kappa shape index (κ3) is 2.10. The maximum absolute atomic E-state index is 12.6. The predicted octanol–water partition coefficient (Wildman–Crippen LogP) is 2.31. The molecule has 1 saturated carbocycles.